The smallest absolute Gasteiger partial charge is 0.274 e. The molecule has 5 rings (SSSR count). The number of aromatic nitrogens is 2. The molecule has 6 heteroatoms. The Balaban J connectivity index is 1.43. The van der Waals surface area contributed by atoms with Gasteiger partial charge in [-0.05, 0) is 37.0 Å². The average Bonchev–Trinajstić information content (AvgIpc) is 3.46. The van der Waals surface area contributed by atoms with Crippen molar-refractivity contribution in [2.45, 2.75) is 43.7 Å². The molecule has 2 aromatic heterocycles. The first-order chi connectivity index (χ1) is 14.2. The molecule has 0 unspecified atom stereocenters. The molecule has 150 valence electrons. The number of nitrogens with zero attached hydrogens (tertiary/aromatic N) is 2. The summed E-state index contributed by atoms with van der Waals surface area (Å²) in [7, 11) is 0. The fourth-order valence-electron chi connectivity index (χ4n) is 5.16. The number of aliphatic hydroxyl groups is 1. The second-order valence-corrected chi connectivity index (χ2v) is 8.14. The molecule has 0 spiro atoms. The van der Waals surface area contributed by atoms with Crippen LogP contribution in [0.4, 0.5) is 0 Å². The number of benzene rings is 1. The van der Waals surface area contributed by atoms with Crippen molar-refractivity contribution in [2.75, 3.05) is 6.54 Å². The van der Waals surface area contributed by atoms with Gasteiger partial charge in [-0.2, -0.15) is 5.10 Å². The van der Waals surface area contributed by atoms with Gasteiger partial charge < -0.3 is 14.4 Å². The molecule has 1 saturated carbocycles. The van der Waals surface area contributed by atoms with E-state index in [1.807, 2.05) is 41.3 Å². The van der Waals surface area contributed by atoms with Gasteiger partial charge in [0.15, 0.2) is 11.5 Å². The highest BCUT2D eigenvalue weighted by atomic mass is 16.3. The summed E-state index contributed by atoms with van der Waals surface area (Å²) in [6, 6.07) is 15.3. The molecule has 29 heavy (non-hydrogen) atoms. The van der Waals surface area contributed by atoms with Crippen LogP contribution in [0, 0.1) is 5.92 Å². The molecule has 3 atom stereocenters. The van der Waals surface area contributed by atoms with Gasteiger partial charge in [0.2, 0.25) is 0 Å². The normalized spacial score (nSPS) is 26.9. The SMILES string of the molecule is O=C(c1cc(-c2ccco2)[nH]n1)N1CC[C@](O)(c2ccccc2)[C@H]2CCCC[C@H]21. The Bertz CT molecular complexity index is 982. The highest BCUT2D eigenvalue weighted by Crippen LogP contribution is 2.47. The first kappa shape index (κ1) is 18.2. The molecule has 3 aromatic rings. The number of hydrogen-bond donors (Lipinski definition) is 2. The van der Waals surface area contributed by atoms with Crippen LogP contribution in [0.3, 0.4) is 0 Å². The highest BCUT2D eigenvalue weighted by molar-refractivity contribution is 5.93. The molecule has 6 nitrogen and oxygen atoms in total. The van der Waals surface area contributed by atoms with E-state index in [0.29, 0.717) is 30.1 Å². The topological polar surface area (TPSA) is 82.4 Å². The zero-order chi connectivity index (χ0) is 19.8. The monoisotopic (exact) mass is 391 g/mol. The van der Waals surface area contributed by atoms with Crippen LogP contribution >= 0.6 is 0 Å². The van der Waals surface area contributed by atoms with Gasteiger partial charge in [-0.25, -0.2) is 0 Å². The van der Waals surface area contributed by atoms with Crippen LogP contribution in [0.2, 0.25) is 0 Å². The third-order valence-corrected chi connectivity index (χ3v) is 6.60. The second kappa shape index (κ2) is 7.19. The number of likely N-dealkylation sites (tertiary alicyclic amines) is 1. The molecule has 1 amide bonds. The summed E-state index contributed by atoms with van der Waals surface area (Å²) >= 11 is 0. The lowest BCUT2D eigenvalue weighted by Gasteiger charge is -2.52. The fraction of sp³-hybridized carbons (Fsp3) is 0.391. The summed E-state index contributed by atoms with van der Waals surface area (Å²) in [6.07, 6.45) is 6.15. The third-order valence-electron chi connectivity index (χ3n) is 6.60. The quantitative estimate of drug-likeness (QED) is 0.708. The van der Waals surface area contributed by atoms with Crippen LogP contribution < -0.4 is 0 Å². The lowest BCUT2D eigenvalue weighted by Crippen LogP contribution is -2.59. The third kappa shape index (κ3) is 3.08. The number of fused-ring (bicyclic) bond motifs is 1. The number of aromatic amines is 1. The predicted molar refractivity (Wildman–Crippen MR) is 108 cm³/mol. The first-order valence-electron chi connectivity index (χ1n) is 10.3. The maximum Gasteiger partial charge on any atom is 0.274 e. The molecule has 0 radical (unpaired) electrons. The fourth-order valence-corrected chi connectivity index (χ4v) is 5.16. The number of furan rings is 1. The number of piperidine rings is 1. The molecule has 1 aliphatic heterocycles. The Labute approximate surface area is 169 Å². The maximum absolute atomic E-state index is 13.3. The summed E-state index contributed by atoms with van der Waals surface area (Å²) in [5.41, 5.74) is 1.17. The van der Waals surface area contributed by atoms with Crippen LogP contribution in [0.15, 0.2) is 59.2 Å². The van der Waals surface area contributed by atoms with Gasteiger partial charge in [-0.15, -0.1) is 0 Å². The molecule has 1 saturated heterocycles. The van der Waals surface area contributed by atoms with Gasteiger partial charge in [0.25, 0.3) is 5.91 Å². The number of carbonyl (C=O) groups is 1. The van der Waals surface area contributed by atoms with E-state index in [2.05, 4.69) is 10.2 Å². The minimum Gasteiger partial charge on any atom is -0.463 e. The van der Waals surface area contributed by atoms with Crippen molar-refractivity contribution in [2.24, 2.45) is 5.92 Å². The number of hydrogen-bond acceptors (Lipinski definition) is 4. The van der Waals surface area contributed by atoms with Crippen molar-refractivity contribution in [3.8, 4) is 11.5 Å². The minimum absolute atomic E-state index is 0.0268. The number of rotatable bonds is 3. The van der Waals surface area contributed by atoms with Crippen molar-refractivity contribution in [1.29, 1.82) is 0 Å². The van der Waals surface area contributed by atoms with Crippen molar-refractivity contribution >= 4 is 5.91 Å². The molecule has 0 bridgehead atoms. The molecular weight excluding hydrogens is 366 g/mol. The van der Waals surface area contributed by atoms with E-state index in [-0.39, 0.29) is 17.9 Å². The number of amides is 1. The molecule has 1 aromatic carbocycles. The Kier molecular flexibility index (Phi) is 4.51. The van der Waals surface area contributed by atoms with Crippen molar-refractivity contribution in [1.82, 2.24) is 15.1 Å². The van der Waals surface area contributed by atoms with Crippen LogP contribution in [-0.2, 0) is 5.60 Å². The van der Waals surface area contributed by atoms with E-state index in [0.717, 1.165) is 31.2 Å². The second-order valence-electron chi connectivity index (χ2n) is 8.14. The van der Waals surface area contributed by atoms with Crippen LogP contribution in [-0.4, -0.2) is 38.7 Å². The largest absolute Gasteiger partial charge is 0.463 e. The Hall–Kier alpha value is -2.86. The summed E-state index contributed by atoms with van der Waals surface area (Å²) in [5.74, 6) is 0.620. The van der Waals surface area contributed by atoms with Crippen LogP contribution in [0.5, 0.6) is 0 Å². The van der Waals surface area contributed by atoms with Gasteiger partial charge in [0.1, 0.15) is 5.69 Å². The lowest BCUT2D eigenvalue weighted by atomic mass is 9.66. The Morgan fingerprint density at radius 3 is 2.79 bits per heavy atom. The standard InChI is InChI=1S/C23H25N3O3/c27-22(19-15-18(24-25-19)21-11-6-14-29-21)26-13-12-23(28,16-7-2-1-3-8-16)17-9-4-5-10-20(17)26/h1-3,6-8,11,14-15,17,20,28H,4-5,9-10,12-13H2,(H,24,25)/t17-,20+,23-/m0/s1. The van der Waals surface area contributed by atoms with E-state index in [1.165, 1.54) is 0 Å². The summed E-state index contributed by atoms with van der Waals surface area (Å²) in [5, 5.41) is 18.8. The van der Waals surface area contributed by atoms with Gasteiger partial charge in [-0.3, -0.25) is 9.89 Å². The van der Waals surface area contributed by atoms with Crippen molar-refractivity contribution in [3.63, 3.8) is 0 Å². The highest BCUT2D eigenvalue weighted by Gasteiger charge is 2.50. The van der Waals surface area contributed by atoms with Gasteiger partial charge >= 0.3 is 0 Å². The molecule has 2 fully saturated rings. The molecule has 2 N–H and O–H groups in total. The summed E-state index contributed by atoms with van der Waals surface area (Å²) in [4.78, 5) is 15.3. The Morgan fingerprint density at radius 1 is 1.17 bits per heavy atom. The van der Waals surface area contributed by atoms with Gasteiger partial charge in [0.05, 0.1) is 11.9 Å². The predicted octanol–water partition coefficient (Wildman–Crippen LogP) is 3.96. The zero-order valence-corrected chi connectivity index (χ0v) is 16.3. The lowest BCUT2D eigenvalue weighted by molar-refractivity contribution is -0.110. The summed E-state index contributed by atoms with van der Waals surface area (Å²) in [6.45, 7) is 0.522. The van der Waals surface area contributed by atoms with E-state index in [9.17, 15) is 9.90 Å². The van der Waals surface area contributed by atoms with E-state index < -0.39 is 5.60 Å². The number of carbonyl (C=O) groups excluding carboxylic acids is 1. The maximum atomic E-state index is 13.3. The average molecular weight is 391 g/mol. The van der Waals surface area contributed by atoms with Crippen molar-refractivity contribution in [3.05, 3.63) is 66.1 Å². The van der Waals surface area contributed by atoms with Gasteiger partial charge in [-0.1, -0.05) is 43.2 Å². The number of H-pyrrole nitrogens is 1. The van der Waals surface area contributed by atoms with Crippen molar-refractivity contribution < 1.29 is 14.3 Å². The Morgan fingerprint density at radius 2 is 2.00 bits per heavy atom. The number of nitrogens with one attached hydrogen (secondary N) is 1. The van der Waals surface area contributed by atoms with E-state index >= 15 is 0 Å². The first-order valence-corrected chi connectivity index (χ1v) is 10.3. The molecule has 1 aliphatic carbocycles. The van der Waals surface area contributed by atoms with Crippen LogP contribution in [0.1, 0.15) is 48.2 Å². The van der Waals surface area contributed by atoms with Crippen LogP contribution in [0.25, 0.3) is 11.5 Å². The zero-order valence-electron chi connectivity index (χ0n) is 16.3. The summed E-state index contributed by atoms with van der Waals surface area (Å²) < 4.78 is 5.39. The molecule has 3 heterocycles. The minimum atomic E-state index is -0.881. The molecule has 2 aliphatic rings. The van der Waals surface area contributed by atoms with E-state index in [1.54, 1.807) is 18.4 Å². The molecular formula is C23H25N3O3. The van der Waals surface area contributed by atoms with Gasteiger partial charge in [0, 0.05) is 24.6 Å². The van der Waals surface area contributed by atoms with E-state index in [4.69, 9.17) is 4.42 Å².